The quantitative estimate of drug-likeness (QED) is 0.374. The average molecular weight is 133 g/mol. The number of hydrogen-bond acceptors (Lipinski definition) is 0. The van der Waals surface area contributed by atoms with Crippen LogP contribution in [0.25, 0.3) is 0 Å². The van der Waals surface area contributed by atoms with Crippen LogP contribution in [0.5, 0.6) is 0 Å². The van der Waals surface area contributed by atoms with Crippen LogP contribution in [0.1, 0.15) is 5.56 Å². The minimum atomic E-state index is -0.122. The number of terminal acetylenes is 2. The van der Waals surface area contributed by atoms with Crippen LogP contribution in [0.3, 0.4) is 0 Å². The molecule has 0 spiro atoms. The lowest BCUT2D eigenvalue weighted by atomic mass is 10.4. The molecule has 42 valence electrons. The maximum absolute atomic E-state index is 5.15. The molecule has 1 aromatic rings. The highest BCUT2D eigenvalue weighted by molar-refractivity contribution is 7.34. The topological polar surface area (TPSA) is 0 Å². The lowest BCUT2D eigenvalue weighted by Crippen LogP contribution is -1.55. The second-order valence-electron chi connectivity index (χ2n) is 1.51. The Bertz CT molecular complexity index is 252. The van der Waals surface area contributed by atoms with E-state index in [2.05, 4.69) is 11.2 Å². The Balaban J connectivity index is 3.08. The summed E-state index contributed by atoms with van der Waals surface area (Å²) in [6.45, 7) is 0. The predicted molar refractivity (Wildman–Crippen MR) is 41.1 cm³/mol. The van der Waals surface area contributed by atoms with Gasteiger partial charge in [-0.25, -0.2) is 0 Å². The molecule has 0 aliphatic rings. The Labute approximate surface area is 57.5 Å². The van der Waals surface area contributed by atoms with Gasteiger partial charge in [-0.3, -0.25) is 0 Å². The van der Waals surface area contributed by atoms with E-state index in [1.165, 1.54) is 0 Å². The van der Waals surface area contributed by atoms with Gasteiger partial charge in [0.15, 0.2) is 16.0 Å². The summed E-state index contributed by atoms with van der Waals surface area (Å²) in [6.07, 6.45) is 10.3. The fraction of sp³-hybridized carbons (Fsp3) is 0. The zero-order valence-electron chi connectivity index (χ0n) is 4.79. The fourth-order valence-electron chi connectivity index (χ4n) is 0.517. The summed E-state index contributed by atoms with van der Waals surface area (Å²) >= 11 is 0. The SMILES string of the molecule is C#Cc1cc[s+](C#C)c1. The summed E-state index contributed by atoms with van der Waals surface area (Å²) in [5, 5.41) is 6.45. The molecular formula is C8H5S+. The van der Waals surface area contributed by atoms with E-state index in [9.17, 15) is 0 Å². The summed E-state index contributed by atoms with van der Waals surface area (Å²) in [5.74, 6) is 2.51. The molecule has 0 fully saturated rings. The molecular weight excluding hydrogens is 128 g/mol. The van der Waals surface area contributed by atoms with Crippen LogP contribution >= 0.6 is 10.5 Å². The summed E-state index contributed by atoms with van der Waals surface area (Å²) in [6, 6.07) is 1.88. The van der Waals surface area contributed by atoms with Crippen molar-refractivity contribution >= 4 is 10.5 Å². The van der Waals surface area contributed by atoms with Gasteiger partial charge in [-0.05, 0) is 0 Å². The second kappa shape index (κ2) is 2.40. The highest BCUT2D eigenvalue weighted by atomic mass is 32.2. The standard InChI is InChI=1S/C8H5S/c1-3-8-5-6-9(4-2)7-8/h1-2,5-7H/q+1. The Kier molecular flexibility index (Phi) is 1.58. The summed E-state index contributed by atoms with van der Waals surface area (Å²) in [4.78, 5) is 0. The van der Waals surface area contributed by atoms with Crippen molar-refractivity contribution in [2.24, 2.45) is 0 Å². The molecule has 0 saturated carbocycles. The average Bonchev–Trinajstić information content (AvgIpc) is 2.34. The van der Waals surface area contributed by atoms with Crippen LogP contribution in [0.4, 0.5) is 0 Å². The molecule has 1 rings (SSSR count). The molecule has 0 aromatic carbocycles. The number of hydrogen-bond donors (Lipinski definition) is 0. The summed E-state index contributed by atoms with van der Waals surface area (Å²) < 4.78 is 0. The summed E-state index contributed by atoms with van der Waals surface area (Å²) in [7, 11) is -0.122. The van der Waals surface area contributed by atoms with Gasteiger partial charge in [-0.1, -0.05) is 12.3 Å². The van der Waals surface area contributed by atoms with Gasteiger partial charge in [-0.15, -0.1) is 6.42 Å². The van der Waals surface area contributed by atoms with E-state index < -0.39 is 0 Å². The van der Waals surface area contributed by atoms with Crippen molar-refractivity contribution in [3.05, 3.63) is 22.4 Å². The summed E-state index contributed by atoms with van der Waals surface area (Å²) in [5.41, 5.74) is 0.899. The van der Waals surface area contributed by atoms with Gasteiger partial charge in [0.2, 0.25) is 0 Å². The molecule has 1 heterocycles. The molecule has 0 nitrogen and oxygen atoms in total. The molecule has 0 saturated heterocycles. The molecule has 0 aliphatic heterocycles. The van der Waals surface area contributed by atoms with Crippen molar-refractivity contribution in [3.8, 4) is 24.0 Å². The van der Waals surface area contributed by atoms with Crippen molar-refractivity contribution in [1.82, 2.24) is 0 Å². The molecule has 0 aliphatic carbocycles. The molecule has 1 unspecified atom stereocenters. The molecule has 1 atom stereocenters. The Morgan fingerprint density at radius 1 is 1.44 bits per heavy atom. The van der Waals surface area contributed by atoms with Gasteiger partial charge in [-0.2, -0.15) is 0 Å². The Morgan fingerprint density at radius 3 is 2.56 bits per heavy atom. The van der Waals surface area contributed by atoms with E-state index in [0.29, 0.717) is 0 Å². The molecule has 1 aromatic heterocycles. The van der Waals surface area contributed by atoms with Crippen LogP contribution in [-0.4, -0.2) is 0 Å². The molecule has 0 amide bonds. The maximum Gasteiger partial charge on any atom is 0.178 e. The van der Waals surface area contributed by atoms with E-state index in [0.717, 1.165) is 5.56 Å². The van der Waals surface area contributed by atoms with E-state index in [1.807, 2.05) is 16.8 Å². The van der Waals surface area contributed by atoms with Crippen LogP contribution in [-0.2, 0) is 0 Å². The van der Waals surface area contributed by atoms with Crippen molar-refractivity contribution in [2.75, 3.05) is 0 Å². The minimum Gasteiger partial charge on any atom is -0.114 e. The van der Waals surface area contributed by atoms with Crippen LogP contribution < -0.4 is 0 Å². The molecule has 0 bridgehead atoms. The first kappa shape index (κ1) is 5.95. The van der Waals surface area contributed by atoms with Crippen molar-refractivity contribution in [2.45, 2.75) is 0 Å². The van der Waals surface area contributed by atoms with Crippen LogP contribution in [0.2, 0.25) is 0 Å². The van der Waals surface area contributed by atoms with Gasteiger partial charge in [0.1, 0.15) is 0 Å². The van der Waals surface area contributed by atoms with Gasteiger partial charge >= 0.3 is 0 Å². The van der Waals surface area contributed by atoms with Gasteiger partial charge < -0.3 is 0 Å². The van der Waals surface area contributed by atoms with E-state index in [-0.39, 0.29) is 10.5 Å². The number of rotatable bonds is 0. The number of thiophene rings is 1. The molecule has 0 N–H and O–H groups in total. The predicted octanol–water partition coefficient (Wildman–Crippen LogP) is 1.86. The van der Waals surface area contributed by atoms with E-state index >= 15 is 0 Å². The Hall–Kier alpha value is -1.18. The van der Waals surface area contributed by atoms with Crippen molar-refractivity contribution in [3.63, 3.8) is 0 Å². The Morgan fingerprint density at radius 2 is 2.22 bits per heavy atom. The maximum atomic E-state index is 5.15. The van der Waals surface area contributed by atoms with E-state index in [4.69, 9.17) is 12.8 Å². The third-order valence-electron chi connectivity index (χ3n) is 0.951. The first-order chi connectivity index (χ1) is 4.36. The first-order valence-electron chi connectivity index (χ1n) is 2.41. The third-order valence-corrected chi connectivity index (χ3v) is 2.16. The zero-order chi connectivity index (χ0) is 6.69. The molecule has 1 heteroatoms. The lowest BCUT2D eigenvalue weighted by molar-refractivity contribution is 1.87. The first-order valence-corrected chi connectivity index (χ1v) is 3.76. The van der Waals surface area contributed by atoms with Crippen molar-refractivity contribution in [1.29, 1.82) is 0 Å². The lowest BCUT2D eigenvalue weighted by Gasteiger charge is -1.63. The molecule has 0 radical (unpaired) electrons. The van der Waals surface area contributed by atoms with Crippen LogP contribution in [0.15, 0.2) is 16.8 Å². The minimum absolute atomic E-state index is 0.122. The third kappa shape index (κ3) is 1.13. The van der Waals surface area contributed by atoms with E-state index in [1.54, 1.807) is 0 Å². The largest absolute Gasteiger partial charge is 0.178 e. The van der Waals surface area contributed by atoms with Gasteiger partial charge in [0.25, 0.3) is 0 Å². The smallest absolute Gasteiger partial charge is 0.114 e. The second-order valence-corrected chi connectivity index (χ2v) is 3.00. The zero-order valence-corrected chi connectivity index (χ0v) is 5.61. The fourth-order valence-corrected chi connectivity index (χ4v) is 1.46. The highest BCUT2D eigenvalue weighted by Gasteiger charge is 1.99. The van der Waals surface area contributed by atoms with Crippen LogP contribution in [0, 0.1) is 24.0 Å². The van der Waals surface area contributed by atoms with Gasteiger partial charge in [0, 0.05) is 6.07 Å². The monoisotopic (exact) mass is 133 g/mol. The normalized spacial score (nSPS) is 9.78. The highest BCUT2D eigenvalue weighted by Crippen LogP contribution is 2.17. The van der Waals surface area contributed by atoms with Crippen molar-refractivity contribution < 1.29 is 0 Å². The molecule has 9 heavy (non-hydrogen) atoms. The van der Waals surface area contributed by atoms with Gasteiger partial charge in [0.05, 0.1) is 16.0 Å².